The minimum absolute atomic E-state index is 0.00866. The molecule has 0 radical (unpaired) electrons. The van der Waals surface area contributed by atoms with Crippen LogP contribution in [0.3, 0.4) is 0 Å². The van der Waals surface area contributed by atoms with Gasteiger partial charge < -0.3 is 11.1 Å². The first kappa shape index (κ1) is 10.5. The maximum atomic E-state index is 11.6. The van der Waals surface area contributed by atoms with Crippen molar-refractivity contribution in [2.75, 3.05) is 0 Å². The van der Waals surface area contributed by atoms with E-state index in [2.05, 4.69) is 19.2 Å². The van der Waals surface area contributed by atoms with E-state index < -0.39 is 0 Å². The summed E-state index contributed by atoms with van der Waals surface area (Å²) in [6.07, 6.45) is 3.13. The first-order valence-corrected chi connectivity index (χ1v) is 5.06. The molecule has 76 valence electrons. The summed E-state index contributed by atoms with van der Waals surface area (Å²) in [5.41, 5.74) is 5.85. The highest BCUT2D eigenvalue weighted by molar-refractivity contribution is 5.82. The van der Waals surface area contributed by atoms with E-state index >= 15 is 0 Å². The van der Waals surface area contributed by atoms with E-state index in [4.69, 9.17) is 5.73 Å². The molecule has 0 heterocycles. The molecule has 3 heteroatoms. The molecule has 0 saturated heterocycles. The first-order chi connectivity index (χ1) is 5.98. The minimum Gasteiger partial charge on any atom is -0.350 e. The van der Waals surface area contributed by atoms with Crippen LogP contribution < -0.4 is 11.1 Å². The van der Waals surface area contributed by atoms with Crippen molar-refractivity contribution in [1.29, 1.82) is 0 Å². The van der Waals surface area contributed by atoms with Crippen molar-refractivity contribution in [3.63, 3.8) is 0 Å². The summed E-state index contributed by atoms with van der Waals surface area (Å²) in [6, 6.07) is -0.345. The van der Waals surface area contributed by atoms with E-state index in [0.29, 0.717) is 0 Å². The Morgan fingerprint density at radius 1 is 1.62 bits per heavy atom. The monoisotopic (exact) mass is 184 g/mol. The van der Waals surface area contributed by atoms with Gasteiger partial charge in [0.15, 0.2) is 0 Å². The number of carbonyl (C=O) groups is 1. The van der Waals surface area contributed by atoms with Crippen LogP contribution in [0.15, 0.2) is 0 Å². The highest BCUT2D eigenvalue weighted by Crippen LogP contribution is 2.34. The zero-order chi connectivity index (χ0) is 10.1. The molecule has 0 aromatic carbocycles. The van der Waals surface area contributed by atoms with Gasteiger partial charge in [0.2, 0.25) is 5.91 Å². The molecule has 1 saturated carbocycles. The van der Waals surface area contributed by atoms with E-state index in [0.717, 1.165) is 19.3 Å². The lowest BCUT2D eigenvalue weighted by Crippen LogP contribution is -2.48. The van der Waals surface area contributed by atoms with Gasteiger partial charge in [-0.05, 0) is 25.7 Å². The zero-order valence-electron chi connectivity index (χ0n) is 8.76. The smallest absolute Gasteiger partial charge is 0.237 e. The van der Waals surface area contributed by atoms with Crippen molar-refractivity contribution in [3.8, 4) is 0 Å². The molecule has 1 aliphatic carbocycles. The molecule has 0 spiro atoms. The molecule has 1 rings (SSSR count). The van der Waals surface area contributed by atoms with Crippen LogP contribution in [0.5, 0.6) is 0 Å². The average molecular weight is 184 g/mol. The summed E-state index contributed by atoms with van der Waals surface area (Å²) >= 11 is 0. The molecule has 0 aliphatic heterocycles. The van der Waals surface area contributed by atoms with Crippen molar-refractivity contribution in [2.24, 2.45) is 11.7 Å². The third kappa shape index (κ3) is 2.69. The summed E-state index contributed by atoms with van der Waals surface area (Å²) in [6.45, 7) is 6.13. The number of carbonyl (C=O) groups excluding carboxylic acids is 1. The van der Waals surface area contributed by atoms with Crippen molar-refractivity contribution in [1.82, 2.24) is 5.32 Å². The Labute approximate surface area is 80.1 Å². The minimum atomic E-state index is -0.345. The van der Waals surface area contributed by atoms with E-state index in [9.17, 15) is 4.79 Å². The van der Waals surface area contributed by atoms with Crippen LogP contribution in [0.2, 0.25) is 0 Å². The lowest BCUT2D eigenvalue weighted by molar-refractivity contribution is -0.124. The normalized spacial score (nSPS) is 23.4. The zero-order valence-corrected chi connectivity index (χ0v) is 8.76. The fourth-order valence-corrected chi connectivity index (χ4v) is 1.21. The SMILES string of the molecule is CC[C@H](C)[C@H](N)C(=O)NC1(C)CC1. The van der Waals surface area contributed by atoms with Crippen molar-refractivity contribution >= 4 is 5.91 Å². The van der Waals surface area contributed by atoms with Gasteiger partial charge in [0, 0.05) is 5.54 Å². The topological polar surface area (TPSA) is 55.1 Å². The van der Waals surface area contributed by atoms with Gasteiger partial charge in [-0.15, -0.1) is 0 Å². The maximum absolute atomic E-state index is 11.6. The second kappa shape index (κ2) is 3.66. The van der Waals surface area contributed by atoms with Gasteiger partial charge in [-0.3, -0.25) is 4.79 Å². The van der Waals surface area contributed by atoms with Gasteiger partial charge in [-0.25, -0.2) is 0 Å². The van der Waals surface area contributed by atoms with Crippen molar-refractivity contribution < 1.29 is 4.79 Å². The predicted octanol–water partition coefficient (Wildman–Crippen LogP) is 1.03. The molecule has 0 bridgehead atoms. The van der Waals surface area contributed by atoms with Gasteiger partial charge in [-0.1, -0.05) is 20.3 Å². The molecule has 3 N–H and O–H groups in total. The fourth-order valence-electron chi connectivity index (χ4n) is 1.21. The van der Waals surface area contributed by atoms with Gasteiger partial charge >= 0.3 is 0 Å². The van der Waals surface area contributed by atoms with Gasteiger partial charge in [0.1, 0.15) is 0 Å². The third-order valence-corrected chi connectivity index (χ3v) is 2.98. The average Bonchev–Trinajstić information content (AvgIpc) is 2.80. The highest BCUT2D eigenvalue weighted by atomic mass is 16.2. The molecule has 1 fully saturated rings. The fraction of sp³-hybridized carbons (Fsp3) is 0.900. The lowest BCUT2D eigenvalue weighted by atomic mass is 9.99. The number of hydrogen-bond donors (Lipinski definition) is 2. The molecule has 1 amide bonds. The standard InChI is InChI=1S/C10H20N2O/c1-4-7(2)8(11)9(13)12-10(3)5-6-10/h7-8H,4-6,11H2,1-3H3,(H,12,13)/t7-,8-/m0/s1. The third-order valence-electron chi connectivity index (χ3n) is 2.98. The Morgan fingerprint density at radius 3 is 2.54 bits per heavy atom. The Kier molecular flexibility index (Phi) is 2.96. The number of amides is 1. The molecule has 0 aromatic rings. The van der Waals surface area contributed by atoms with Crippen LogP contribution in [0, 0.1) is 5.92 Å². The summed E-state index contributed by atoms with van der Waals surface area (Å²) in [4.78, 5) is 11.6. The van der Waals surface area contributed by atoms with Crippen LogP contribution in [0.1, 0.15) is 40.0 Å². The number of hydrogen-bond acceptors (Lipinski definition) is 2. The number of rotatable bonds is 4. The van der Waals surface area contributed by atoms with Crippen molar-refractivity contribution in [3.05, 3.63) is 0 Å². The highest BCUT2D eigenvalue weighted by Gasteiger charge is 2.39. The summed E-state index contributed by atoms with van der Waals surface area (Å²) < 4.78 is 0. The molecule has 2 atom stereocenters. The van der Waals surface area contributed by atoms with Crippen LogP contribution >= 0.6 is 0 Å². The van der Waals surface area contributed by atoms with Gasteiger partial charge in [0.05, 0.1) is 6.04 Å². The van der Waals surface area contributed by atoms with Gasteiger partial charge in [0.25, 0.3) is 0 Å². The Morgan fingerprint density at radius 2 is 2.15 bits per heavy atom. The van der Waals surface area contributed by atoms with Gasteiger partial charge in [-0.2, -0.15) is 0 Å². The summed E-state index contributed by atoms with van der Waals surface area (Å²) in [7, 11) is 0. The second-order valence-electron chi connectivity index (χ2n) is 4.46. The van der Waals surface area contributed by atoms with Crippen LogP contribution in [-0.4, -0.2) is 17.5 Å². The second-order valence-corrected chi connectivity index (χ2v) is 4.46. The largest absolute Gasteiger partial charge is 0.350 e. The Balaban J connectivity index is 2.38. The van der Waals surface area contributed by atoms with E-state index in [-0.39, 0.29) is 23.4 Å². The molecule has 1 aliphatic rings. The predicted molar refractivity (Wildman–Crippen MR) is 53.2 cm³/mol. The van der Waals surface area contributed by atoms with E-state index in [1.165, 1.54) is 0 Å². The number of nitrogens with two attached hydrogens (primary N) is 1. The number of nitrogens with one attached hydrogen (secondary N) is 1. The van der Waals surface area contributed by atoms with Crippen LogP contribution in [-0.2, 0) is 4.79 Å². The van der Waals surface area contributed by atoms with E-state index in [1.54, 1.807) is 0 Å². The summed E-state index contributed by atoms with van der Waals surface area (Å²) in [5, 5.41) is 2.98. The maximum Gasteiger partial charge on any atom is 0.237 e. The molecule has 3 nitrogen and oxygen atoms in total. The lowest BCUT2D eigenvalue weighted by Gasteiger charge is -2.20. The molecule has 0 unspecified atom stereocenters. The summed E-state index contributed by atoms with van der Waals surface area (Å²) in [5.74, 6) is 0.275. The Hall–Kier alpha value is -0.570. The quantitative estimate of drug-likeness (QED) is 0.685. The molecular formula is C10H20N2O. The molecule has 0 aromatic heterocycles. The molecule has 13 heavy (non-hydrogen) atoms. The van der Waals surface area contributed by atoms with Crippen LogP contribution in [0.25, 0.3) is 0 Å². The van der Waals surface area contributed by atoms with E-state index in [1.807, 2.05) is 6.92 Å². The molecular weight excluding hydrogens is 164 g/mol. The first-order valence-electron chi connectivity index (χ1n) is 5.06. The Bertz CT molecular complexity index is 199. The van der Waals surface area contributed by atoms with Crippen molar-refractivity contribution in [2.45, 2.75) is 51.6 Å². The van der Waals surface area contributed by atoms with Crippen LogP contribution in [0.4, 0.5) is 0 Å².